The van der Waals surface area contributed by atoms with Crippen LogP contribution in [0.4, 0.5) is 17.1 Å². The van der Waals surface area contributed by atoms with Gasteiger partial charge >= 0.3 is 5.69 Å². The van der Waals surface area contributed by atoms with E-state index in [4.69, 9.17) is 32.7 Å². The third kappa shape index (κ3) is 6.57. The molecule has 0 aliphatic carbocycles. The van der Waals surface area contributed by atoms with Gasteiger partial charge in [-0.1, -0.05) is 29.3 Å². The first kappa shape index (κ1) is 28.4. The zero-order chi connectivity index (χ0) is 28.0. The van der Waals surface area contributed by atoms with Gasteiger partial charge in [-0.05, 0) is 64.8 Å². The highest BCUT2D eigenvalue weighted by Gasteiger charge is 2.24. The van der Waals surface area contributed by atoms with E-state index in [1.807, 2.05) is 6.07 Å². The van der Waals surface area contributed by atoms with E-state index < -0.39 is 27.1 Å². The Balaban J connectivity index is 2.00. The van der Waals surface area contributed by atoms with E-state index in [1.165, 1.54) is 30.3 Å². The highest BCUT2D eigenvalue weighted by Crippen LogP contribution is 2.43. The molecule has 0 saturated heterocycles. The molecule has 11 nitrogen and oxygen atoms in total. The highest BCUT2D eigenvalue weighted by atomic mass is 79.9. The molecule has 0 aromatic heterocycles. The number of rotatable bonds is 9. The Hall–Kier alpha value is -4.18. The fourth-order valence-electron chi connectivity index (χ4n) is 3.10. The van der Waals surface area contributed by atoms with Crippen LogP contribution in [0.15, 0.2) is 58.6 Å². The number of halogens is 3. The number of nitro benzene ring substituents is 2. The zero-order valence-corrected chi connectivity index (χ0v) is 22.3. The molecular weight excluding hydrogens is 607 g/mol. The lowest BCUT2D eigenvalue weighted by atomic mass is 10.1. The maximum atomic E-state index is 12.7. The van der Waals surface area contributed by atoms with Crippen LogP contribution in [0.2, 0.25) is 10.0 Å². The molecule has 0 atom stereocenters. The lowest BCUT2D eigenvalue weighted by Crippen LogP contribution is -2.14. The smallest absolute Gasteiger partial charge is 0.318 e. The number of carbonyl (C=O) groups is 1. The van der Waals surface area contributed by atoms with E-state index in [0.29, 0.717) is 5.56 Å². The number of anilines is 1. The Morgan fingerprint density at radius 2 is 1.79 bits per heavy atom. The van der Waals surface area contributed by atoms with Gasteiger partial charge in [0.15, 0.2) is 11.5 Å². The Labute approximate surface area is 233 Å². The van der Waals surface area contributed by atoms with Crippen LogP contribution in [0.3, 0.4) is 0 Å². The summed E-state index contributed by atoms with van der Waals surface area (Å²) in [5, 5.41) is 35.0. The molecule has 0 bridgehead atoms. The first-order valence-electron chi connectivity index (χ1n) is 10.5. The number of benzene rings is 3. The van der Waals surface area contributed by atoms with Crippen LogP contribution in [0.5, 0.6) is 17.2 Å². The summed E-state index contributed by atoms with van der Waals surface area (Å²) in [7, 11) is 0. The topological polar surface area (TPSA) is 158 Å². The average Bonchev–Trinajstić information content (AvgIpc) is 2.86. The second-order valence-electron chi connectivity index (χ2n) is 7.25. The molecule has 194 valence electrons. The molecule has 0 heterocycles. The lowest BCUT2D eigenvalue weighted by Gasteiger charge is -2.15. The second kappa shape index (κ2) is 12.4. The molecule has 0 radical (unpaired) electrons. The summed E-state index contributed by atoms with van der Waals surface area (Å²) in [6, 6.07) is 12.4. The lowest BCUT2D eigenvalue weighted by molar-refractivity contribution is -0.394. The molecule has 0 spiro atoms. The van der Waals surface area contributed by atoms with Gasteiger partial charge in [0, 0.05) is 6.07 Å². The molecule has 0 unspecified atom stereocenters. The number of para-hydroxylation sites is 1. The molecule has 0 saturated carbocycles. The molecule has 14 heteroatoms. The van der Waals surface area contributed by atoms with Crippen molar-refractivity contribution in [2.75, 3.05) is 11.9 Å². The van der Waals surface area contributed by atoms with Crippen molar-refractivity contribution in [1.29, 1.82) is 5.26 Å². The first-order chi connectivity index (χ1) is 18.0. The van der Waals surface area contributed by atoms with Gasteiger partial charge < -0.3 is 14.8 Å². The Bertz CT molecular complexity index is 1500. The van der Waals surface area contributed by atoms with Gasteiger partial charge in [-0.15, -0.1) is 0 Å². The van der Waals surface area contributed by atoms with Gasteiger partial charge in [0.2, 0.25) is 5.75 Å². The van der Waals surface area contributed by atoms with E-state index in [0.717, 1.165) is 18.2 Å². The SMILES string of the molecule is CCOc1cc(/C=C(\C#N)C(=O)Nc2c(Cl)cccc2Cl)cc(Br)c1Oc1ccc([N+](=O)[O-])cc1[N+](=O)[O-]. The predicted molar refractivity (Wildman–Crippen MR) is 144 cm³/mol. The minimum atomic E-state index is -0.809. The van der Waals surface area contributed by atoms with Crippen LogP contribution < -0.4 is 14.8 Å². The summed E-state index contributed by atoms with van der Waals surface area (Å²) in [5.74, 6) is -0.878. The van der Waals surface area contributed by atoms with E-state index in [-0.39, 0.29) is 49.6 Å². The summed E-state index contributed by atoms with van der Waals surface area (Å²) >= 11 is 15.5. The summed E-state index contributed by atoms with van der Waals surface area (Å²) in [4.78, 5) is 33.7. The number of carbonyl (C=O) groups excluding carboxylic acids is 1. The van der Waals surface area contributed by atoms with Crippen LogP contribution in [0.25, 0.3) is 6.08 Å². The zero-order valence-electron chi connectivity index (χ0n) is 19.2. The summed E-state index contributed by atoms with van der Waals surface area (Å²) in [6.45, 7) is 1.87. The van der Waals surface area contributed by atoms with E-state index in [9.17, 15) is 30.3 Å². The third-order valence-electron chi connectivity index (χ3n) is 4.77. The average molecular weight is 622 g/mol. The maximum Gasteiger partial charge on any atom is 0.318 e. The highest BCUT2D eigenvalue weighted by molar-refractivity contribution is 9.10. The van der Waals surface area contributed by atoms with Crippen LogP contribution in [0.1, 0.15) is 12.5 Å². The predicted octanol–water partition coefficient (Wildman–Crippen LogP) is 7.31. The van der Waals surface area contributed by atoms with Crippen LogP contribution in [-0.4, -0.2) is 22.4 Å². The number of non-ortho nitro benzene ring substituents is 1. The van der Waals surface area contributed by atoms with Crippen LogP contribution in [-0.2, 0) is 4.79 Å². The van der Waals surface area contributed by atoms with Crippen molar-refractivity contribution < 1.29 is 24.1 Å². The number of nitriles is 1. The number of hydrogen-bond donors (Lipinski definition) is 1. The van der Waals surface area contributed by atoms with Crippen molar-refractivity contribution in [3.05, 3.63) is 94.4 Å². The Morgan fingerprint density at radius 1 is 1.11 bits per heavy atom. The summed E-state index contributed by atoms with van der Waals surface area (Å²) in [6.07, 6.45) is 1.28. The molecule has 1 amide bonds. The molecular formula is C24H15BrCl2N4O7. The quantitative estimate of drug-likeness (QED) is 0.113. The van der Waals surface area contributed by atoms with Gasteiger partial charge in [0.05, 0.1) is 42.7 Å². The standard InChI is InChI=1S/C24H15BrCl2N4O7/c1-2-37-21-10-13(8-14(12-28)24(32)29-22-17(26)4-3-5-18(22)27)9-16(25)23(21)38-20-7-6-15(30(33)34)11-19(20)31(35)36/h3-11H,2H2,1H3,(H,29,32)/b14-8+. The first-order valence-corrected chi connectivity index (χ1v) is 12.0. The van der Waals surface area contributed by atoms with E-state index in [1.54, 1.807) is 13.0 Å². The second-order valence-corrected chi connectivity index (χ2v) is 8.92. The Kier molecular flexibility index (Phi) is 9.25. The molecule has 3 rings (SSSR count). The van der Waals surface area contributed by atoms with Crippen molar-refractivity contribution in [2.24, 2.45) is 0 Å². The van der Waals surface area contributed by atoms with Crippen molar-refractivity contribution >= 4 is 68.2 Å². The van der Waals surface area contributed by atoms with Gasteiger partial charge in [0.25, 0.3) is 11.6 Å². The number of nitrogens with zero attached hydrogens (tertiary/aromatic N) is 3. The third-order valence-corrected chi connectivity index (χ3v) is 5.99. The van der Waals surface area contributed by atoms with Gasteiger partial charge in [-0.3, -0.25) is 25.0 Å². The molecule has 3 aromatic rings. The molecule has 0 fully saturated rings. The molecule has 1 N–H and O–H groups in total. The minimum absolute atomic E-state index is 0.0340. The number of nitrogens with one attached hydrogen (secondary N) is 1. The van der Waals surface area contributed by atoms with Crippen LogP contribution in [0, 0.1) is 31.6 Å². The molecule has 38 heavy (non-hydrogen) atoms. The fraction of sp³-hybridized carbons (Fsp3) is 0.0833. The van der Waals surface area contributed by atoms with Crippen molar-refractivity contribution in [3.8, 4) is 23.3 Å². The van der Waals surface area contributed by atoms with Crippen molar-refractivity contribution in [3.63, 3.8) is 0 Å². The number of ether oxygens (including phenoxy) is 2. The van der Waals surface area contributed by atoms with Gasteiger partial charge in [-0.25, -0.2) is 0 Å². The van der Waals surface area contributed by atoms with Crippen LogP contribution >= 0.6 is 39.1 Å². The van der Waals surface area contributed by atoms with Crippen molar-refractivity contribution in [2.45, 2.75) is 6.92 Å². The normalized spacial score (nSPS) is 10.9. The van der Waals surface area contributed by atoms with Gasteiger partial charge in [0.1, 0.15) is 11.6 Å². The largest absolute Gasteiger partial charge is 0.490 e. The van der Waals surface area contributed by atoms with Gasteiger partial charge in [-0.2, -0.15) is 5.26 Å². The summed E-state index contributed by atoms with van der Waals surface area (Å²) < 4.78 is 11.6. The molecule has 0 aliphatic heterocycles. The summed E-state index contributed by atoms with van der Waals surface area (Å²) in [5.41, 5.74) is -0.891. The van der Waals surface area contributed by atoms with E-state index in [2.05, 4.69) is 21.2 Å². The number of amides is 1. The number of nitro groups is 2. The monoisotopic (exact) mass is 620 g/mol. The van der Waals surface area contributed by atoms with Crippen molar-refractivity contribution in [1.82, 2.24) is 0 Å². The molecule has 0 aliphatic rings. The Morgan fingerprint density at radius 3 is 2.37 bits per heavy atom. The minimum Gasteiger partial charge on any atom is -0.490 e. The maximum absolute atomic E-state index is 12.7. The number of hydrogen-bond acceptors (Lipinski definition) is 8. The fourth-order valence-corrected chi connectivity index (χ4v) is 4.14. The molecule has 3 aromatic carbocycles. The van der Waals surface area contributed by atoms with E-state index >= 15 is 0 Å².